The van der Waals surface area contributed by atoms with E-state index in [9.17, 15) is 9.59 Å². The predicted octanol–water partition coefficient (Wildman–Crippen LogP) is 1.87. The summed E-state index contributed by atoms with van der Waals surface area (Å²) in [6.07, 6.45) is 0.959. The zero-order valence-corrected chi connectivity index (χ0v) is 13.6. The van der Waals surface area contributed by atoms with E-state index in [4.69, 9.17) is 11.6 Å². The van der Waals surface area contributed by atoms with Gasteiger partial charge in [0.2, 0.25) is 0 Å². The van der Waals surface area contributed by atoms with E-state index in [0.717, 1.165) is 26.1 Å². The Hall–Kier alpha value is -1.79. The van der Waals surface area contributed by atoms with Gasteiger partial charge in [0.25, 0.3) is 5.91 Å². The summed E-state index contributed by atoms with van der Waals surface area (Å²) in [6.45, 7) is 3.30. The van der Waals surface area contributed by atoms with Gasteiger partial charge in [0.1, 0.15) is 0 Å². The number of carbonyl (C=O) groups excluding carboxylic acids is 2. The number of urea groups is 1. The normalized spacial score (nSPS) is 16.0. The van der Waals surface area contributed by atoms with Crippen LogP contribution >= 0.6 is 11.6 Å². The summed E-state index contributed by atoms with van der Waals surface area (Å²) >= 11 is 6.09. The number of rotatable bonds is 2. The van der Waals surface area contributed by atoms with Crippen LogP contribution < -0.4 is 10.6 Å². The Balaban J connectivity index is 2.02. The van der Waals surface area contributed by atoms with Gasteiger partial charge in [-0.2, -0.15) is 0 Å². The van der Waals surface area contributed by atoms with Crippen molar-refractivity contribution < 1.29 is 9.59 Å². The van der Waals surface area contributed by atoms with Crippen LogP contribution in [0, 0.1) is 0 Å². The molecule has 22 heavy (non-hydrogen) atoms. The topological polar surface area (TPSA) is 64.7 Å². The van der Waals surface area contributed by atoms with E-state index in [0.29, 0.717) is 22.8 Å². The molecule has 0 bridgehead atoms. The van der Waals surface area contributed by atoms with E-state index >= 15 is 0 Å². The number of carbonyl (C=O) groups is 2. The van der Waals surface area contributed by atoms with E-state index in [1.807, 2.05) is 0 Å². The summed E-state index contributed by atoms with van der Waals surface area (Å²) in [5.41, 5.74) is 0.971. The van der Waals surface area contributed by atoms with Crippen molar-refractivity contribution in [2.24, 2.45) is 0 Å². The third-order valence-electron chi connectivity index (χ3n) is 3.70. The Kier molecular flexibility index (Phi) is 5.63. The maximum absolute atomic E-state index is 12.3. The lowest BCUT2D eigenvalue weighted by atomic mass is 10.2. The van der Waals surface area contributed by atoms with Crippen molar-refractivity contribution >= 4 is 29.2 Å². The largest absolute Gasteiger partial charge is 0.355 e. The molecule has 1 fully saturated rings. The molecule has 0 spiro atoms. The van der Waals surface area contributed by atoms with Crippen LogP contribution in [0.15, 0.2) is 18.2 Å². The molecule has 0 aromatic heterocycles. The first-order chi connectivity index (χ1) is 10.5. The van der Waals surface area contributed by atoms with Gasteiger partial charge in [-0.05, 0) is 38.2 Å². The molecule has 0 unspecified atom stereocenters. The molecule has 7 heteroatoms. The monoisotopic (exact) mass is 324 g/mol. The third-order valence-corrected chi connectivity index (χ3v) is 4.01. The van der Waals surface area contributed by atoms with Gasteiger partial charge >= 0.3 is 6.03 Å². The summed E-state index contributed by atoms with van der Waals surface area (Å²) in [7, 11) is 3.60. The van der Waals surface area contributed by atoms with Crippen LogP contribution in [0.5, 0.6) is 0 Å². The summed E-state index contributed by atoms with van der Waals surface area (Å²) in [5, 5.41) is 5.67. The van der Waals surface area contributed by atoms with Gasteiger partial charge in [-0.3, -0.25) is 4.79 Å². The number of likely N-dealkylation sites (N-methyl/N-ethyl adjacent to an activating group) is 1. The summed E-state index contributed by atoms with van der Waals surface area (Å²) in [6, 6.07) is 4.73. The fraction of sp³-hybridized carbons (Fsp3) is 0.467. The van der Waals surface area contributed by atoms with E-state index < -0.39 is 0 Å². The maximum atomic E-state index is 12.3. The second-order valence-electron chi connectivity index (χ2n) is 5.35. The van der Waals surface area contributed by atoms with Crippen molar-refractivity contribution in [2.45, 2.75) is 6.42 Å². The van der Waals surface area contributed by atoms with Crippen molar-refractivity contribution in [3.63, 3.8) is 0 Å². The molecule has 3 amide bonds. The molecule has 0 atom stereocenters. The van der Waals surface area contributed by atoms with Gasteiger partial charge in [0, 0.05) is 32.4 Å². The maximum Gasteiger partial charge on any atom is 0.321 e. The van der Waals surface area contributed by atoms with Crippen LogP contribution in [0.3, 0.4) is 0 Å². The summed E-state index contributed by atoms with van der Waals surface area (Å²) in [4.78, 5) is 27.9. The number of nitrogens with one attached hydrogen (secondary N) is 2. The van der Waals surface area contributed by atoms with Crippen LogP contribution in [0.25, 0.3) is 0 Å². The SMILES string of the molecule is CNC(=O)c1ccc(NC(=O)N2CCCN(C)CC2)cc1Cl. The van der Waals surface area contributed by atoms with Gasteiger partial charge < -0.3 is 20.4 Å². The Morgan fingerprint density at radius 2 is 1.95 bits per heavy atom. The van der Waals surface area contributed by atoms with Gasteiger partial charge in [-0.25, -0.2) is 4.79 Å². The van der Waals surface area contributed by atoms with Gasteiger partial charge in [0.05, 0.1) is 10.6 Å². The van der Waals surface area contributed by atoms with E-state index in [2.05, 4.69) is 22.6 Å². The molecule has 2 N–H and O–H groups in total. The number of halogens is 1. The molecule has 1 aliphatic rings. The van der Waals surface area contributed by atoms with E-state index in [-0.39, 0.29) is 11.9 Å². The summed E-state index contributed by atoms with van der Waals surface area (Å²) in [5.74, 6) is -0.251. The van der Waals surface area contributed by atoms with Crippen LogP contribution in [0.2, 0.25) is 5.02 Å². The number of hydrogen-bond donors (Lipinski definition) is 2. The first-order valence-electron chi connectivity index (χ1n) is 7.27. The molecule has 0 aliphatic carbocycles. The van der Waals surface area contributed by atoms with E-state index in [1.165, 1.54) is 0 Å². The second-order valence-corrected chi connectivity index (χ2v) is 5.75. The highest BCUT2D eigenvalue weighted by Crippen LogP contribution is 2.21. The zero-order chi connectivity index (χ0) is 16.1. The predicted molar refractivity (Wildman–Crippen MR) is 87.5 cm³/mol. The summed E-state index contributed by atoms with van der Waals surface area (Å²) < 4.78 is 0. The Morgan fingerprint density at radius 3 is 2.64 bits per heavy atom. The smallest absolute Gasteiger partial charge is 0.321 e. The number of anilines is 1. The number of hydrogen-bond acceptors (Lipinski definition) is 3. The lowest BCUT2D eigenvalue weighted by Gasteiger charge is -2.21. The zero-order valence-electron chi connectivity index (χ0n) is 12.9. The molecule has 1 aliphatic heterocycles. The van der Waals surface area contributed by atoms with Crippen LogP contribution in [-0.4, -0.2) is 62.0 Å². The first-order valence-corrected chi connectivity index (χ1v) is 7.65. The van der Waals surface area contributed by atoms with Crippen LogP contribution in [0.1, 0.15) is 16.8 Å². The molecule has 0 saturated carbocycles. The highest BCUT2D eigenvalue weighted by atomic mass is 35.5. The molecule has 1 aromatic carbocycles. The van der Waals surface area contributed by atoms with Crippen molar-refractivity contribution in [1.82, 2.24) is 15.1 Å². The van der Waals surface area contributed by atoms with Gasteiger partial charge in [-0.15, -0.1) is 0 Å². The molecule has 2 rings (SSSR count). The van der Waals surface area contributed by atoms with Crippen molar-refractivity contribution in [3.8, 4) is 0 Å². The first kappa shape index (κ1) is 16.6. The van der Waals surface area contributed by atoms with E-state index in [1.54, 1.807) is 30.1 Å². The quantitative estimate of drug-likeness (QED) is 0.873. The Labute approximate surface area is 135 Å². The third kappa shape index (κ3) is 4.11. The van der Waals surface area contributed by atoms with Gasteiger partial charge in [-0.1, -0.05) is 11.6 Å². The van der Waals surface area contributed by atoms with Crippen molar-refractivity contribution in [1.29, 1.82) is 0 Å². The molecule has 6 nitrogen and oxygen atoms in total. The highest BCUT2D eigenvalue weighted by Gasteiger charge is 2.18. The second kappa shape index (κ2) is 7.47. The fourth-order valence-electron chi connectivity index (χ4n) is 2.36. The molecule has 0 radical (unpaired) electrons. The van der Waals surface area contributed by atoms with Crippen molar-refractivity contribution in [3.05, 3.63) is 28.8 Å². The minimum atomic E-state index is -0.251. The molecular weight excluding hydrogens is 304 g/mol. The van der Waals surface area contributed by atoms with Gasteiger partial charge in [0.15, 0.2) is 0 Å². The molecular formula is C15H21ClN4O2. The lowest BCUT2D eigenvalue weighted by molar-refractivity contribution is 0.0963. The number of benzene rings is 1. The van der Waals surface area contributed by atoms with Crippen LogP contribution in [0.4, 0.5) is 10.5 Å². The van der Waals surface area contributed by atoms with Crippen molar-refractivity contribution in [2.75, 3.05) is 45.6 Å². The Bertz CT molecular complexity index is 564. The standard InChI is InChI=1S/C15H21ClN4O2/c1-17-14(21)12-5-4-11(10-13(12)16)18-15(22)20-7-3-6-19(2)8-9-20/h4-5,10H,3,6-9H2,1-2H3,(H,17,21)(H,18,22). The highest BCUT2D eigenvalue weighted by molar-refractivity contribution is 6.34. The fourth-order valence-corrected chi connectivity index (χ4v) is 2.63. The molecule has 1 aromatic rings. The lowest BCUT2D eigenvalue weighted by Crippen LogP contribution is -2.37. The minimum Gasteiger partial charge on any atom is -0.355 e. The van der Waals surface area contributed by atoms with Crippen LogP contribution in [-0.2, 0) is 0 Å². The average Bonchev–Trinajstić information content (AvgIpc) is 2.71. The molecule has 1 heterocycles. The number of nitrogens with zero attached hydrogens (tertiary/aromatic N) is 2. The molecule has 1 saturated heterocycles. The minimum absolute atomic E-state index is 0.140. The number of amides is 3. The Morgan fingerprint density at radius 1 is 1.18 bits per heavy atom. The average molecular weight is 325 g/mol. The molecule has 120 valence electrons.